The van der Waals surface area contributed by atoms with E-state index in [9.17, 15) is 8.42 Å². The molecule has 1 aliphatic rings. The summed E-state index contributed by atoms with van der Waals surface area (Å²) >= 11 is 1.69. The van der Waals surface area contributed by atoms with Gasteiger partial charge in [-0.2, -0.15) is 0 Å². The van der Waals surface area contributed by atoms with Crippen LogP contribution in [0, 0.1) is 13.8 Å². The zero-order valence-corrected chi connectivity index (χ0v) is 19.1. The fourth-order valence-electron chi connectivity index (χ4n) is 3.49. The summed E-state index contributed by atoms with van der Waals surface area (Å²) in [5.74, 6) is 1.64. The van der Waals surface area contributed by atoms with E-state index in [2.05, 4.69) is 24.1 Å². The lowest BCUT2D eigenvalue weighted by Gasteiger charge is -2.25. The van der Waals surface area contributed by atoms with Gasteiger partial charge in [-0.3, -0.25) is 4.90 Å². The van der Waals surface area contributed by atoms with Gasteiger partial charge in [-0.05, 0) is 37.1 Å². The number of benzene rings is 1. The number of aromatic nitrogens is 2. The monoisotopic (exact) mass is 446 g/mol. The molecule has 1 aromatic carbocycles. The Morgan fingerprint density at radius 3 is 2.50 bits per heavy atom. The van der Waals surface area contributed by atoms with Crippen LogP contribution in [-0.4, -0.2) is 55.8 Å². The number of nitrogens with zero attached hydrogens (tertiary/aromatic N) is 3. The number of nitrogens with one attached hydrogen (secondary N) is 1. The molecule has 0 saturated carbocycles. The molecule has 0 bridgehead atoms. The molecular weight excluding hydrogens is 420 g/mol. The van der Waals surface area contributed by atoms with Gasteiger partial charge in [0.05, 0.1) is 30.0 Å². The summed E-state index contributed by atoms with van der Waals surface area (Å²) in [5.41, 5.74) is 2.19. The average Bonchev–Trinajstić information content (AvgIpc) is 3.00. The van der Waals surface area contributed by atoms with E-state index in [-0.39, 0.29) is 0 Å². The van der Waals surface area contributed by atoms with E-state index in [1.54, 1.807) is 23.5 Å². The van der Waals surface area contributed by atoms with Crippen molar-refractivity contribution in [1.82, 2.24) is 14.9 Å². The number of morpholine rings is 1. The second-order valence-corrected chi connectivity index (χ2v) is 10.8. The number of aryl methyl sites for hydroxylation is 2. The maximum Gasteiger partial charge on any atom is 0.175 e. The van der Waals surface area contributed by atoms with Crippen molar-refractivity contribution in [3.63, 3.8) is 0 Å². The summed E-state index contributed by atoms with van der Waals surface area (Å²) in [7, 11) is -3.19. The summed E-state index contributed by atoms with van der Waals surface area (Å²) < 4.78 is 28.8. The normalized spacial score (nSPS) is 15.6. The fraction of sp³-hybridized carbons (Fsp3) is 0.429. The van der Waals surface area contributed by atoms with E-state index in [1.807, 2.05) is 12.1 Å². The van der Waals surface area contributed by atoms with Crippen molar-refractivity contribution in [1.29, 1.82) is 0 Å². The Labute approximate surface area is 181 Å². The van der Waals surface area contributed by atoms with Crippen LogP contribution in [0.15, 0.2) is 29.2 Å². The first kappa shape index (κ1) is 21.2. The summed E-state index contributed by atoms with van der Waals surface area (Å²) in [4.78, 5) is 14.5. The lowest BCUT2D eigenvalue weighted by atomic mass is 10.2. The summed E-state index contributed by atoms with van der Waals surface area (Å²) in [5, 5.41) is 4.52. The van der Waals surface area contributed by atoms with Gasteiger partial charge in [0, 0.05) is 30.8 Å². The standard InChI is InChI=1S/C21H26N4O3S2/c1-14-15(2)29-21-19(14)20(23-18(24-21)13-25-8-10-28-11-9-25)22-12-16-4-6-17(7-5-16)30(3,26)27/h4-7H,8-13H2,1-3H3,(H,22,23,24). The molecule has 0 amide bonds. The van der Waals surface area contributed by atoms with Crippen LogP contribution in [0.1, 0.15) is 21.8 Å². The van der Waals surface area contributed by atoms with Gasteiger partial charge in [-0.15, -0.1) is 11.3 Å². The summed E-state index contributed by atoms with van der Waals surface area (Å²) in [6.45, 7) is 8.73. The molecule has 1 N–H and O–H groups in total. The Morgan fingerprint density at radius 2 is 1.83 bits per heavy atom. The lowest BCUT2D eigenvalue weighted by molar-refractivity contribution is 0.0331. The molecule has 2 aromatic heterocycles. The number of hydrogen-bond acceptors (Lipinski definition) is 8. The molecule has 0 spiro atoms. The van der Waals surface area contributed by atoms with Crippen LogP contribution >= 0.6 is 11.3 Å². The molecule has 160 valence electrons. The predicted molar refractivity (Wildman–Crippen MR) is 120 cm³/mol. The van der Waals surface area contributed by atoms with Gasteiger partial charge in [0.15, 0.2) is 9.84 Å². The molecule has 0 aliphatic carbocycles. The van der Waals surface area contributed by atoms with Gasteiger partial charge < -0.3 is 10.1 Å². The zero-order valence-electron chi connectivity index (χ0n) is 17.4. The van der Waals surface area contributed by atoms with Crippen molar-refractivity contribution in [2.75, 3.05) is 37.9 Å². The number of fused-ring (bicyclic) bond motifs is 1. The molecule has 0 unspecified atom stereocenters. The molecule has 7 nitrogen and oxygen atoms in total. The van der Waals surface area contributed by atoms with Crippen LogP contribution in [-0.2, 0) is 27.7 Å². The molecule has 30 heavy (non-hydrogen) atoms. The minimum atomic E-state index is -3.19. The summed E-state index contributed by atoms with van der Waals surface area (Å²) in [6, 6.07) is 6.96. The first-order chi connectivity index (χ1) is 14.3. The number of anilines is 1. The highest BCUT2D eigenvalue weighted by atomic mass is 32.2. The molecule has 3 heterocycles. The molecule has 3 aromatic rings. The van der Waals surface area contributed by atoms with Crippen LogP contribution in [0.2, 0.25) is 0 Å². The number of ether oxygens (including phenoxy) is 1. The molecule has 1 aliphatic heterocycles. The number of rotatable bonds is 6. The third-order valence-electron chi connectivity index (χ3n) is 5.36. The Bertz CT molecular complexity index is 1150. The highest BCUT2D eigenvalue weighted by Crippen LogP contribution is 2.33. The van der Waals surface area contributed by atoms with Gasteiger partial charge in [0.1, 0.15) is 16.5 Å². The number of thiophene rings is 1. The van der Waals surface area contributed by atoms with Crippen molar-refractivity contribution in [3.05, 3.63) is 46.1 Å². The average molecular weight is 447 g/mol. The zero-order chi connectivity index (χ0) is 21.3. The maximum absolute atomic E-state index is 11.7. The van der Waals surface area contributed by atoms with Crippen LogP contribution in [0.3, 0.4) is 0 Å². The quantitative estimate of drug-likeness (QED) is 0.623. The minimum absolute atomic E-state index is 0.327. The molecule has 9 heteroatoms. The van der Waals surface area contributed by atoms with E-state index in [0.29, 0.717) is 18.0 Å². The van der Waals surface area contributed by atoms with E-state index in [0.717, 1.165) is 53.7 Å². The van der Waals surface area contributed by atoms with Gasteiger partial charge >= 0.3 is 0 Å². The first-order valence-corrected chi connectivity index (χ1v) is 12.6. The van der Waals surface area contributed by atoms with Crippen LogP contribution in [0.4, 0.5) is 5.82 Å². The third kappa shape index (κ3) is 4.64. The number of sulfone groups is 1. The van der Waals surface area contributed by atoms with E-state index in [1.165, 1.54) is 16.7 Å². The molecule has 1 fully saturated rings. The molecule has 0 atom stereocenters. The SMILES string of the molecule is Cc1sc2nc(CN3CCOCC3)nc(NCc3ccc(S(C)(=O)=O)cc3)c2c1C. The van der Waals surface area contributed by atoms with Crippen molar-refractivity contribution in [2.24, 2.45) is 0 Å². The van der Waals surface area contributed by atoms with Crippen molar-refractivity contribution in [2.45, 2.75) is 31.8 Å². The van der Waals surface area contributed by atoms with Crippen molar-refractivity contribution in [3.8, 4) is 0 Å². The molecule has 0 radical (unpaired) electrons. The van der Waals surface area contributed by atoms with Crippen molar-refractivity contribution >= 4 is 37.2 Å². The van der Waals surface area contributed by atoms with E-state index in [4.69, 9.17) is 14.7 Å². The summed E-state index contributed by atoms with van der Waals surface area (Å²) in [6.07, 6.45) is 1.22. The van der Waals surface area contributed by atoms with Gasteiger partial charge in [-0.1, -0.05) is 12.1 Å². The Morgan fingerprint density at radius 1 is 1.13 bits per heavy atom. The van der Waals surface area contributed by atoms with Crippen LogP contribution < -0.4 is 5.32 Å². The van der Waals surface area contributed by atoms with Crippen molar-refractivity contribution < 1.29 is 13.2 Å². The third-order valence-corrected chi connectivity index (χ3v) is 7.58. The smallest absolute Gasteiger partial charge is 0.175 e. The number of hydrogen-bond donors (Lipinski definition) is 1. The lowest BCUT2D eigenvalue weighted by Crippen LogP contribution is -2.36. The van der Waals surface area contributed by atoms with Gasteiger partial charge in [0.25, 0.3) is 0 Å². The van der Waals surface area contributed by atoms with E-state index < -0.39 is 9.84 Å². The second-order valence-electron chi connectivity index (χ2n) is 7.61. The maximum atomic E-state index is 11.7. The Hall–Kier alpha value is -2.07. The Kier molecular flexibility index (Phi) is 6.06. The van der Waals surface area contributed by atoms with Gasteiger partial charge in [0.2, 0.25) is 0 Å². The van der Waals surface area contributed by atoms with Crippen LogP contribution in [0.5, 0.6) is 0 Å². The van der Waals surface area contributed by atoms with Gasteiger partial charge in [-0.25, -0.2) is 18.4 Å². The highest BCUT2D eigenvalue weighted by molar-refractivity contribution is 7.90. The Balaban J connectivity index is 1.59. The molecular formula is C21H26N4O3S2. The topological polar surface area (TPSA) is 84.4 Å². The highest BCUT2D eigenvalue weighted by Gasteiger charge is 2.17. The fourth-order valence-corrected chi connectivity index (χ4v) is 5.17. The largest absolute Gasteiger partial charge is 0.379 e. The first-order valence-electron chi connectivity index (χ1n) is 9.91. The molecule has 4 rings (SSSR count). The van der Waals surface area contributed by atoms with E-state index >= 15 is 0 Å². The second kappa shape index (κ2) is 8.58. The van der Waals surface area contributed by atoms with Crippen LogP contribution in [0.25, 0.3) is 10.2 Å². The minimum Gasteiger partial charge on any atom is -0.379 e. The predicted octanol–water partition coefficient (Wildman–Crippen LogP) is 3.16. The molecule has 1 saturated heterocycles.